The largest absolute Gasteiger partial charge is 0.465 e. The number of nitriles is 1. The monoisotopic (exact) mass is 447 g/mol. The zero-order valence-corrected chi connectivity index (χ0v) is 15.9. The van der Waals surface area contributed by atoms with Crippen molar-refractivity contribution in [2.24, 2.45) is 5.92 Å². The van der Waals surface area contributed by atoms with Crippen molar-refractivity contribution < 1.29 is 14.3 Å². The molecule has 128 valence electrons. The highest BCUT2D eigenvalue weighted by Crippen LogP contribution is 2.35. The summed E-state index contributed by atoms with van der Waals surface area (Å²) in [4.78, 5) is 25.2. The van der Waals surface area contributed by atoms with E-state index < -0.39 is 21.7 Å². The molecule has 0 N–H and O–H groups in total. The molecule has 0 saturated heterocycles. The zero-order valence-electron chi connectivity index (χ0n) is 13.8. The lowest BCUT2D eigenvalue weighted by atomic mass is 9.82. The summed E-state index contributed by atoms with van der Waals surface area (Å²) in [5.74, 6) is -2.34. The van der Waals surface area contributed by atoms with E-state index in [1.54, 1.807) is 31.2 Å². The number of benzene rings is 2. The Balaban J connectivity index is 2.42. The second-order valence-electron chi connectivity index (χ2n) is 5.43. The minimum Gasteiger partial charge on any atom is -0.465 e. The summed E-state index contributed by atoms with van der Waals surface area (Å²) < 4.78 is 4.48. The Hall–Kier alpha value is -2.20. The number of carbonyl (C=O) groups is 2. The normalized spacial score (nSPS) is 14.0. The number of hydrogen-bond donors (Lipinski definition) is 0. The van der Waals surface area contributed by atoms with Gasteiger partial charge < -0.3 is 4.74 Å². The van der Waals surface area contributed by atoms with E-state index in [1.165, 1.54) is 0 Å². The van der Waals surface area contributed by atoms with Crippen LogP contribution in [0.1, 0.15) is 28.8 Å². The fourth-order valence-corrected chi connectivity index (χ4v) is 3.83. The van der Waals surface area contributed by atoms with Crippen LogP contribution in [0.3, 0.4) is 0 Å². The Morgan fingerprint density at radius 1 is 1.08 bits per heavy atom. The maximum absolute atomic E-state index is 12.9. The van der Waals surface area contributed by atoms with Gasteiger partial charge in [-0.2, -0.15) is 5.26 Å². The summed E-state index contributed by atoms with van der Waals surface area (Å²) in [5.41, 5.74) is 1.33. The Labute approximate surface area is 160 Å². The van der Waals surface area contributed by atoms with E-state index in [4.69, 9.17) is 4.74 Å². The van der Waals surface area contributed by atoms with Crippen molar-refractivity contribution in [2.45, 2.75) is 16.8 Å². The number of halogens is 1. The smallest absolute Gasteiger partial charge is 0.324 e. The molecule has 0 radical (unpaired) electrons. The van der Waals surface area contributed by atoms with Crippen LogP contribution in [0.25, 0.3) is 0 Å². The van der Waals surface area contributed by atoms with Crippen molar-refractivity contribution in [3.8, 4) is 6.07 Å². The van der Waals surface area contributed by atoms with Gasteiger partial charge in [0.2, 0.25) is 0 Å². The quantitative estimate of drug-likeness (QED) is 0.277. The summed E-state index contributed by atoms with van der Waals surface area (Å²) in [6, 6.07) is 20.1. The van der Waals surface area contributed by atoms with Gasteiger partial charge in [0.15, 0.2) is 11.7 Å². The van der Waals surface area contributed by atoms with Crippen LogP contribution in [-0.4, -0.2) is 22.3 Å². The molecule has 0 aromatic heterocycles. The lowest BCUT2D eigenvalue weighted by Crippen LogP contribution is -2.33. The highest BCUT2D eigenvalue weighted by Gasteiger charge is 2.39. The Morgan fingerprint density at radius 3 is 2.16 bits per heavy atom. The van der Waals surface area contributed by atoms with Gasteiger partial charge in [-0.1, -0.05) is 83.3 Å². The van der Waals surface area contributed by atoms with Crippen molar-refractivity contribution in [1.29, 1.82) is 5.26 Å². The SMILES string of the molecule is CCOC(=O)C(C#N)C(c1ccccc1)C(I)C(=O)c1ccccc1. The van der Waals surface area contributed by atoms with E-state index in [0.29, 0.717) is 5.56 Å². The lowest BCUT2D eigenvalue weighted by Gasteiger charge is -2.25. The molecule has 0 amide bonds. The van der Waals surface area contributed by atoms with Gasteiger partial charge in [0, 0.05) is 11.5 Å². The fourth-order valence-electron chi connectivity index (χ4n) is 2.64. The summed E-state index contributed by atoms with van der Waals surface area (Å²) in [6.45, 7) is 1.89. The van der Waals surface area contributed by atoms with Gasteiger partial charge in [-0.3, -0.25) is 9.59 Å². The molecule has 0 saturated carbocycles. The van der Waals surface area contributed by atoms with Crippen LogP contribution in [0.5, 0.6) is 0 Å². The maximum Gasteiger partial charge on any atom is 0.324 e. The number of ketones is 1. The van der Waals surface area contributed by atoms with Crippen LogP contribution < -0.4 is 0 Å². The average molecular weight is 447 g/mol. The van der Waals surface area contributed by atoms with Gasteiger partial charge in [0.1, 0.15) is 0 Å². The third-order valence-electron chi connectivity index (χ3n) is 3.85. The average Bonchev–Trinajstić information content (AvgIpc) is 2.66. The molecule has 0 bridgehead atoms. The molecule has 0 heterocycles. The van der Waals surface area contributed by atoms with Gasteiger partial charge in [-0.25, -0.2) is 0 Å². The summed E-state index contributed by atoms with van der Waals surface area (Å²) in [7, 11) is 0. The lowest BCUT2D eigenvalue weighted by molar-refractivity contribution is -0.146. The van der Waals surface area contributed by atoms with E-state index in [0.717, 1.165) is 5.56 Å². The second kappa shape index (κ2) is 9.33. The first-order valence-electron chi connectivity index (χ1n) is 7.94. The van der Waals surface area contributed by atoms with Crippen molar-refractivity contribution in [3.05, 3.63) is 71.8 Å². The zero-order chi connectivity index (χ0) is 18.2. The van der Waals surface area contributed by atoms with Gasteiger partial charge in [0.25, 0.3) is 0 Å². The Kier molecular flexibility index (Phi) is 7.14. The predicted molar refractivity (Wildman–Crippen MR) is 103 cm³/mol. The molecule has 2 aromatic rings. The maximum atomic E-state index is 12.9. The van der Waals surface area contributed by atoms with Gasteiger partial charge in [-0.15, -0.1) is 0 Å². The molecule has 5 heteroatoms. The molecule has 4 nitrogen and oxygen atoms in total. The molecule has 25 heavy (non-hydrogen) atoms. The molecule has 0 aliphatic rings. The minimum absolute atomic E-state index is 0.111. The third-order valence-corrected chi connectivity index (χ3v) is 5.19. The first kappa shape index (κ1) is 19.1. The molecular formula is C20H18INO3. The van der Waals surface area contributed by atoms with Gasteiger partial charge in [0.05, 0.1) is 16.6 Å². The van der Waals surface area contributed by atoms with E-state index >= 15 is 0 Å². The molecule has 3 atom stereocenters. The first-order chi connectivity index (χ1) is 12.1. The predicted octanol–water partition coefficient (Wildman–Crippen LogP) is 4.16. The van der Waals surface area contributed by atoms with Crippen LogP contribution in [0.4, 0.5) is 0 Å². The fraction of sp³-hybridized carbons (Fsp3) is 0.250. The van der Waals surface area contributed by atoms with Crippen LogP contribution >= 0.6 is 22.6 Å². The standard InChI is InChI=1S/C20H18INO3/c1-2-25-20(24)16(13-22)17(14-9-5-3-6-10-14)18(21)19(23)15-11-7-4-8-12-15/h3-12,16-18H,2H2,1H3. The summed E-state index contributed by atoms with van der Waals surface area (Å²) in [6.07, 6.45) is 0. The van der Waals surface area contributed by atoms with Crippen LogP contribution in [0.15, 0.2) is 60.7 Å². The highest BCUT2D eigenvalue weighted by atomic mass is 127. The topological polar surface area (TPSA) is 67.2 Å². The number of carbonyl (C=O) groups excluding carboxylic acids is 2. The number of esters is 1. The van der Waals surface area contributed by atoms with E-state index in [9.17, 15) is 14.9 Å². The molecule has 0 aliphatic carbocycles. The van der Waals surface area contributed by atoms with Crippen molar-refractivity contribution >= 4 is 34.3 Å². The number of hydrogen-bond acceptors (Lipinski definition) is 4. The molecular weight excluding hydrogens is 429 g/mol. The molecule has 3 unspecified atom stereocenters. The van der Waals surface area contributed by atoms with Crippen LogP contribution in [-0.2, 0) is 9.53 Å². The van der Waals surface area contributed by atoms with Crippen molar-refractivity contribution in [1.82, 2.24) is 0 Å². The summed E-state index contributed by atoms with van der Waals surface area (Å²) >= 11 is 2.03. The summed E-state index contributed by atoms with van der Waals surface area (Å²) in [5, 5.41) is 9.59. The Morgan fingerprint density at radius 2 is 1.64 bits per heavy atom. The molecule has 0 fully saturated rings. The number of rotatable bonds is 7. The Bertz CT molecular complexity index is 756. The van der Waals surface area contributed by atoms with Crippen molar-refractivity contribution in [3.63, 3.8) is 0 Å². The van der Waals surface area contributed by atoms with E-state index in [1.807, 2.05) is 65.1 Å². The molecule has 2 aromatic carbocycles. The van der Waals surface area contributed by atoms with Gasteiger partial charge in [-0.05, 0) is 12.5 Å². The number of alkyl halides is 1. The first-order valence-corrected chi connectivity index (χ1v) is 9.19. The molecule has 0 aliphatic heterocycles. The number of nitrogens with zero attached hydrogens (tertiary/aromatic N) is 1. The van der Waals surface area contributed by atoms with Crippen LogP contribution in [0, 0.1) is 17.2 Å². The molecule has 2 rings (SSSR count). The van der Waals surface area contributed by atoms with E-state index in [2.05, 4.69) is 0 Å². The minimum atomic E-state index is -1.04. The van der Waals surface area contributed by atoms with Crippen molar-refractivity contribution in [2.75, 3.05) is 6.61 Å². The molecule has 0 spiro atoms. The van der Waals surface area contributed by atoms with E-state index in [-0.39, 0.29) is 12.4 Å². The van der Waals surface area contributed by atoms with Gasteiger partial charge >= 0.3 is 5.97 Å². The third kappa shape index (κ3) is 4.67. The second-order valence-corrected chi connectivity index (χ2v) is 6.77. The highest BCUT2D eigenvalue weighted by molar-refractivity contribution is 14.1. The number of Topliss-reactive ketones (excluding diaryl/α,β-unsaturated/α-hetero) is 1. The number of ether oxygens (including phenoxy) is 1. The van der Waals surface area contributed by atoms with Crippen LogP contribution in [0.2, 0.25) is 0 Å².